The number of nitrogens with one attached hydrogen (secondary N) is 1. The molecule has 0 aliphatic heterocycles. The molecule has 0 atom stereocenters. The Labute approximate surface area is 110 Å². The summed E-state index contributed by atoms with van der Waals surface area (Å²) in [5, 5.41) is 12.1. The van der Waals surface area contributed by atoms with Gasteiger partial charge >= 0.3 is 0 Å². The molecular weight excluding hydrogens is 240 g/mol. The van der Waals surface area contributed by atoms with E-state index in [2.05, 4.69) is 10.1 Å². The molecule has 1 fully saturated rings. The second-order valence-electron chi connectivity index (χ2n) is 5.26. The molecule has 0 aromatic carbocycles. The summed E-state index contributed by atoms with van der Waals surface area (Å²) in [7, 11) is 0. The monoisotopic (exact) mass is 256 g/mol. The summed E-state index contributed by atoms with van der Waals surface area (Å²) < 4.78 is 1.40. The van der Waals surface area contributed by atoms with Gasteiger partial charge in [0.2, 0.25) is 0 Å². The van der Waals surface area contributed by atoms with Crippen molar-refractivity contribution in [3.05, 3.63) is 33.4 Å². The van der Waals surface area contributed by atoms with Crippen molar-refractivity contribution < 1.29 is 0 Å². The summed E-state index contributed by atoms with van der Waals surface area (Å²) in [5.74, 6) is 1.30. The lowest BCUT2D eigenvalue weighted by Gasteiger charge is -2.18. The minimum atomic E-state index is -0.299. The Bertz CT molecular complexity index is 713. The first kappa shape index (κ1) is 12.0. The molecule has 2 aromatic rings. The number of H-pyrrole nitrogens is 1. The van der Waals surface area contributed by atoms with Crippen molar-refractivity contribution >= 4 is 5.65 Å². The Morgan fingerprint density at radius 2 is 2.16 bits per heavy atom. The van der Waals surface area contributed by atoms with Gasteiger partial charge in [0.05, 0.1) is 0 Å². The molecule has 1 aliphatic rings. The number of hydrogen-bond acceptors (Lipinski definition) is 3. The van der Waals surface area contributed by atoms with E-state index in [9.17, 15) is 4.79 Å². The minimum absolute atomic E-state index is 0.191. The van der Waals surface area contributed by atoms with Gasteiger partial charge in [-0.3, -0.25) is 9.89 Å². The Balaban J connectivity index is 2.13. The van der Waals surface area contributed by atoms with Crippen LogP contribution in [-0.4, -0.2) is 14.6 Å². The molecule has 0 amide bonds. The summed E-state index contributed by atoms with van der Waals surface area (Å²) in [6, 6.07) is 3.76. The second-order valence-corrected chi connectivity index (χ2v) is 5.26. The SMILES string of the molecule is Cc1cc2nc(C3CCCCC3)[nH]n2c(=O)c1C#N. The van der Waals surface area contributed by atoms with Crippen LogP contribution in [-0.2, 0) is 0 Å². The van der Waals surface area contributed by atoms with Crippen LogP contribution in [0.4, 0.5) is 0 Å². The molecule has 0 spiro atoms. The Kier molecular flexibility index (Phi) is 2.86. The highest BCUT2D eigenvalue weighted by molar-refractivity contribution is 5.47. The van der Waals surface area contributed by atoms with Crippen LogP contribution >= 0.6 is 0 Å². The van der Waals surface area contributed by atoms with E-state index in [0.717, 1.165) is 18.7 Å². The van der Waals surface area contributed by atoms with E-state index in [0.29, 0.717) is 17.1 Å². The van der Waals surface area contributed by atoms with Gasteiger partial charge < -0.3 is 0 Å². The van der Waals surface area contributed by atoms with Crippen molar-refractivity contribution in [2.45, 2.75) is 44.9 Å². The molecule has 98 valence electrons. The number of aromatic amines is 1. The van der Waals surface area contributed by atoms with Crippen LogP contribution in [0.5, 0.6) is 0 Å². The highest BCUT2D eigenvalue weighted by atomic mass is 16.1. The van der Waals surface area contributed by atoms with Gasteiger partial charge in [0, 0.05) is 5.92 Å². The lowest BCUT2D eigenvalue weighted by Crippen LogP contribution is -2.18. The molecule has 5 heteroatoms. The van der Waals surface area contributed by atoms with E-state index < -0.39 is 0 Å². The van der Waals surface area contributed by atoms with Gasteiger partial charge in [-0.05, 0) is 31.4 Å². The lowest BCUT2D eigenvalue weighted by molar-refractivity contribution is 0.428. The van der Waals surface area contributed by atoms with Gasteiger partial charge in [-0.2, -0.15) is 9.78 Å². The van der Waals surface area contributed by atoms with Gasteiger partial charge in [-0.25, -0.2) is 4.98 Å². The Morgan fingerprint density at radius 1 is 1.42 bits per heavy atom. The van der Waals surface area contributed by atoms with Crippen molar-refractivity contribution in [1.82, 2.24) is 14.6 Å². The zero-order valence-electron chi connectivity index (χ0n) is 10.9. The number of pyridine rings is 1. The number of rotatable bonds is 1. The molecule has 0 bridgehead atoms. The van der Waals surface area contributed by atoms with E-state index >= 15 is 0 Å². The molecular formula is C14H16N4O. The quantitative estimate of drug-likeness (QED) is 0.850. The van der Waals surface area contributed by atoms with Gasteiger partial charge in [-0.15, -0.1) is 0 Å². The van der Waals surface area contributed by atoms with Crippen LogP contribution < -0.4 is 5.56 Å². The zero-order valence-corrected chi connectivity index (χ0v) is 10.9. The smallest absolute Gasteiger partial charge is 0.276 e. The highest BCUT2D eigenvalue weighted by Gasteiger charge is 2.20. The molecule has 3 rings (SSSR count). The zero-order chi connectivity index (χ0) is 13.4. The summed E-state index contributed by atoms with van der Waals surface area (Å²) in [6.07, 6.45) is 5.98. The largest absolute Gasteiger partial charge is 0.289 e. The van der Waals surface area contributed by atoms with Crippen molar-refractivity contribution in [2.24, 2.45) is 0 Å². The van der Waals surface area contributed by atoms with Gasteiger partial charge in [0.15, 0.2) is 5.65 Å². The summed E-state index contributed by atoms with van der Waals surface area (Å²) >= 11 is 0. The fourth-order valence-electron chi connectivity index (χ4n) is 2.86. The first-order valence-electron chi connectivity index (χ1n) is 6.73. The maximum absolute atomic E-state index is 12.1. The fourth-order valence-corrected chi connectivity index (χ4v) is 2.86. The normalized spacial score (nSPS) is 16.6. The first-order valence-corrected chi connectivity index (χ1v) is 6.73. The number of nitrogens with zero attached hydrogens (tertiary/aromatic N) is 3. The number of nitriles is 1. The van der Waals surface area contributed by atoms with Crippen LogP contribution in [0.15, 0.2) is 10.9 Å². The van der Waals surface area contributed by atoms with Gasteiger partial charge in [0.25, 0.3) is 5.56 Å². The van der Waals surface area contributed by atoms with E-state index in [-0.39, 0.29) is 11.1 Å². The lowest BCUT2D eigenvalue weighted by atomic mass is 9.89. The maximum atomic E-state index is 12.1. The summed E-state index contributed by atoms with van der Waals surface area (Å²) in [5.41, 5.74) is 1.19. The Hall–Kier alpha value is -2.09. The first-order chi connectivity index (χ1) is 9.20. The summed E-state index contributed by atoms with van der Waals surface area (Å²) in [4.78, 5) is 16.7. The minimum Gasteiger partial charge on any atom is -0.276 e. The Morgan fingerprint density at radius 3 is 2.84 bits per heavy atom. The van der Waals surface area contributed by atoms with Crippen LogP contribution in [0, 0.1) is 18.3 Å². The van der Waals surface area contributed by atoms with E-state index in [4.69, 9.17) is 5.26 Å². The van der Waals surface area contributed by atoms with Crippen molar-refractivity contribution in [2.75, 3.05) is 0 Å². The van der Waals surface area contributed by atoms with Crippen LogP contribution in [0.2, 0.25) is 0 Å². The molecule has 1 N–H and O–H groups in total. The molecule has 0 saturated heterocycles. The van der Waals surface area contributed by atoms with E-state index in [1.54, 1.807) is 13.0 Å². The second kappa shape index (κ2) is 4.54. The van der Waals surface area contributed by atoms with Crippen molar-refractivity contribution in [3.63, 3.8) is 0 Å². The molecule has 2 aromatic heterocycles. The number of aromatic nitrogens is 3. The van der Waals surface area contributed by atoms with Crippen molar-refractivity contribution in [1.29, 1.82) is 5.26 Å². The topological polar surface area (TPSA) is 74.0 Å². The van der Waals surface area contributed by atoms with E-state index in [1.165, 1.54) is 23.8 Å². The highest BCUT2D eigenvalue weighted by Crippen LogP contribution is 2.30. The molecule has 19 heavy (non-hydrogen) atoms. The molecule has 5 nitrogen and oxygen atoms in total. The third-order valence-corrected chi connectivity index (χ3v) is 3.95. The molecule has 0 radical (unpaired) electrons. The predicted octanol–water partition coefficient (Wildman–Crippen LogP) is 2.25. The number of aryl methyl sites for hydroxylation is 1. The van der Waals surface area contributed by atoms with Gasteiger partial charge in [0.1, 0.15) is 17.5 Å². The standard InChI is InChI=1S/C14H16N4O/c1-9-7-12-16-13(10-5-3-2-4-6-10)17-18(12)14(19)11(9)8-15/h7,10H,2-6H2,1H3,(H,16,17). The molecule has 2 heterocycles. The third kappa shape index (κ3) is 1.93. The fraction of sp³-hybridized carbons (Fsp3) is 0.500. The van der Waals surface area contributed by atoms with Crippen LogP contribution in [0.1, 0.15) is 55.0 Å². The molecule has 1 aliphatic carbocycles. The number of hydrogen-bond donors (Lipinski definition) is 1. The third-order valence-electron chi connectivity index (χ3n) is 3.95. The molecule has 0 unspecified atom stereocenters. The summed E-state index contributed by atoms with van der Waals surface area (Å²) in [6.45, 7) is 1.77. The maximum Gasteiger partial charge on any atom is 0.289 e. The molecule has 1 saturated carbocycles. The van der Waals surface area contributed by atoms with Crippen molar-refractivity contribution in [3.8, 4) is 6.07 Å². The van der Waals surface area contributed by atoms with Crippen LogP contribution in [0.25, 0.3) is 5.65 Å². The van der Waals surface area contributed by atoms with Crippen LogP contribution in [0.3, 0.4) is 0 Å². The van der Waals surface area contributed by atoms with Gasteiger partial charge in [-0.1, -0.05) is 19.3 Å². The predicted molar refractivity (Wildman–Crippen MR) is 71.1 cm³/mol. The number of fused-ring (bicyclic) bond motifs is 1. The van der Waals surface area contributed by atoms with E-state index in [1.807, 2.05) is 6.07 Å². The average Bonchev–Trinajstić information content (AvgIpc) is 2.84. The average molecular weight is 256 g/mol.